The lowest BCUT2D eigenvalue weighted by atomic mass is 10.3. The molecule has 0 amide bonds. The normalized spacial score (nSPS) is 11.2. The van der Waals surface area contributed by atoms with Crippen LogP contribution in [0, 0.1) is 6.92 Å². The summed E-state index contributed by atoms with van der Waals surface area (Å²) in [6, 6.07) is 2.07. The van der Waals surface area contributed by atoms with Gasteiger partial charge in [0.1, 0.15) is 5.01 Å². The van der Waals surface area contributed by atoms with E-state index in [9.17, 15) is 0 Å². The predicted octanol–water partition coefficient (Wildman–Crippen LogP) is 2.83. The third-order valence-corrected chi connectivity index (χ3v) is 3.48. The second kappa shape index (κ2) is 2.90. The fourth-order valence-electron chi connectivity index (χ4n) is 1.35. The highest BCUT2D eigenvalue weighted by Crippen LogP contribution is 2.23. The average Bonchev–Trinajstić information content (AvgIpc) is 2.74. The fraction of sp³-hybridized carbons (Fsp3) is 0.111. The maximum atomic E-state index is 4.50. The second-order valence-electron chi connectivity index (χ2n) is 2.99. The molecule has 0 fully saturated rings. The monoisotopic (exact) mass is 221 g/mol. The van der Waals surface area contributed by atoms with Crippen LogP contribution in [0.4, 0.5) is 0 Å². The first-order chi connectivity index (χ1) is 6.83. The van der Waals surface area contributed by atoms with Crippen LogP contribution in [0.3, 0.4) is 0 Å². The Labute approximate surface area is 88.7 Å². The van der Waals surface area contributed by atoms with Gasteiger partial charge >= 0.3 is 0 Å². The summed E-state index contributed by atoms with van der Waals surface area (Å²) >= 11 is 3.30. The number of hydrogen-bond donors (Lipinski definition) is 0. The SMILES string of the molecule is Cc1nn2cc(-c3ccsc3)nc2s1. The van der Waals surface area contributed by atoms with Crippen LogP contribution in [0.5, 0.6) is 0 Å². The molecule has 3 heterocycles. The first-order valence-electron chi connectivity index (χ1n) is 4.18. The quantitative estimate of drug-likeness (QED) is 0.632. The third-order valence-electron chi connectivity index (χ3n) is 1.96. The van der Waals surface area contributed by atoms with Crippen molar-refractivity contribution in [2.24, 2.45) is 0 Å². The first-order valence-corrected chi connectivity index (χ1v) is 5.94. The number of thiophene rings is 1. The van der Waals surface area contributed by atoms with E-state index in [0.717, 1.165) is 15.7 Å². The molecule has 70 valence electrons. The van der Waals surface area contributed by atoms with E-state index in [2.05, 4.69) is 26.9 Å². The van der Waals surface area contributed by atoms with Crippen LogP contribution in [0.1, 0.15) is 5.01 Å². The van der Waals surface area contributed by atoms with E-state index in [1.54, 1.807) is 22.7 Å². The van der Waals surface area contributed by atoms with Gasteiger partial charge in [0.25, 0.3) is 0 Å². The minimum atomic E-state index is 0.962. The molecule has 14 heavy (non-hydrogen) atoms. The second-order valence-corrected chi connectivity index (χ2v) is 4.93. The highest BCUT2D eigenvalue weighted by molar-refractivity contribution is 7.16. The lowest BCUT2D eigenvalue weighted by molar-refractivity contribution is 0.946. The molecule has 3 rings (SSSR count). The van der Waals surface area contributed by atoms with Crippen LogP contribution in [0.2, 0.25) is 0 Å². The minimum absolute atomic E-state index is 0.962. The molecule has 0 spiro atoms. The van der Waals surface area contributed by atoms with Gasteiger partial charge in [-0.1, -0.05) is 11.3 Å². The van der Waals surface area contributed by atoms with Crippen molar-refractivity contribution >= 4 is 27.6 Å². The van der Waals surface area contributed by atoms with Gasteiger partial charge in [0.2, 0.25) is 4.96 Å². The first kappa shape index (κ1) is 8.14. The Balaban J connectivity index is 2.20. The van der Waals surface area contributed by atoms with Crippen molar-refractivity contribution in [1.29, 1.82) is 0 Å². The molecule has 0 aliphatic rings. The van der Waals surface area contributed by atoms with E-state index < -0.39 is 0 Å². The largest absolute Gasteiger partial charge is 0.217 e. The van der Waals surface area contributed by atoms with Gasteiger partial charge in [-0.05, 0) is 18.4 Å². The van der Waals surface area contributed by atoms with Crippen LogP contribution in [-0.4, -0.2) is 14.6 Å². The van der Waals surface area contributed by atoms with Gasteiger partial charge in [0.15, 0.2) is 0 Å². The van der Waals surface area contributed by atoms with Gasteiger partial charge < -0.3 is 0 Å². The summed E-state index contributed by atoms with van der Waals surface area (Å²) in [5.74, 6) is 0. The van der Waals surface area contributed by atoms with Crippen molar-refractivity contribution in [1.82, 2.24) is 14.6 Å². The van der Waals surface area contributed by atoms with Crippen molar-refractivity contribution < 1.29 is 0 Å². The summed E-state index contributed by atoms with van der Waals surface area (Å²) in [7, 11) is 0. The van der Waals surface area contributed by atoms with Crippen LogP contribution in [0.15, 0.2) is 23.0 Å². The van der Waals surface area contributed by atoms with Crippen molar-refractivity contribution in [3.05, 3.63) is 28.0 Å². The Bertz CT molecular complexity index is 530. The molecular weight excluding hydrogens is 214 g/mol. The molecule has 0 saturated heterocycles. The third kappa shape index (κ3) is 1.17. The number of aromatic nitrogens is 3. The molecule has 3 nitrogen and oxygen atoms in total. The van der Waals surface area contributed by atoms with E-state index in [0.29, 0.717) is 0 Å². The molecule has 3 aromatic heterocycles. The van der Waals surface area contributed by atoms with Gasteiger partial charge in [-0.2, -0.15) is 16.4 Å². The number of imidazole rings is 1. The van der Waals surface area contributed by atoms with E-state index in [4.69, 9.17) is 0 Å². The highest BCUT2D eigenvalue weighted by atomic mass is 32.1. The molecule has 0 unspecified atom stereocenters. The fourth-order valence-corrected chi connectivity index (χ4v) is 2.72. The summed E-state index contributed by atoms with van der Waals surface area (Å²) in [5, 5.41) is 9.52. The zero-order valence-corrected chi connectivity index (χ0v) is 9.10. The van der Waals surface area contributed by atoms with Crippen molar-refractivity contribution in [3.8, 4) is 11.3 Å². The smallest absolute Gasteiger partial charge is 0.212 e. The molecule has 0 radical (unpaired) electrons. The van der Waals surface area contributed by atoms with Gasteiger partial charge in [-0.3, -0.25) is 0 Å². The number of aryl methyl sites for hydroxylation is 1. The molecule has 0 aromatic carbocycles. The maximum absolute atomic E-state index is 4.50. The molecule has 0 atom stereocenters. The Hall–Kier alpha value is -1.20. The minimum Gasteiger partial charge on any atom is -0.217 e. The van der Waals surface area contributed by atoms with Gasteiger partial charge in [0, 0.05) is 10.9 Å². The molecule has 3 aromatic rings. The van der Waals surface area contributed by atoms with Crippen molar-refractivity contribution in [2.75, 3.05) is 0 Å². The van der Waals surface area contributed by atoms with Crippen LogP contribution < -0.4 is 0 Å². The number of rotatable bonds is 1. The maximum Gasteiger partial charge on any atom is 0.212 e. The summed E-state index contributed by atoms with van der Waals surface area (Å²) in [6.45, 7) is 1.99. The van der Waals surface area contributed by atoms with E-state index in [1.165, 1.54) is 5.56 Å². The lowest BCUT2D eigenvalue weighted by Gasteiger charge is -1.85. The zero-order chi connectivity index (χ0) is 9.54. The van der Waals surface area contributed by atoms with Gasteiger partial charge in [0.05, 0.1) is 11.9 Å². The Morgan fingerprint density at radius 1 is 1.43 bits per heavy atom. The molecule has 5 heteroatoms. The van der Waals surface area contributed by atoms with E-state index >= 15 is 0 Å². The molecule has 0 aliphatic carbocycles. The van der Waals surface area contributed by atoms with Crippen LogP contribution in [-0.2, 0) is 0 Å². The Kier molecular flexibility index (Phi) is 1.68. The molecule has 0 bridgehead atoms. The molecular formula is C9H7N3S2. The summed E-state index contributed by atoms with van der Waals surface area (Å²) in [5.41, 5.74) is 2.18. The number of fused-ring (bicyclic) bond motifs is 1. The predicted molar refractivity (Wildman–Crippen MR) is 58.9 cm³/mol. The van der Waals surface area contributed by atoms with E-state index in [-0.39, 0.29) is 0 Å². The topological polar surface area (TPSA) is 30.2 Å². The van der Waals surface area contributed by atoms with Crippen LogP contribution in [0.25, 0.3) is 16.2 Å². The van der Waals surface area contributed by atoms with Crippen LogP contribution >= 0.6 is 22.7 Å². The summed E-state index contributed by atoms with van der Waals surface area (Å²) < 4.78 is 1.84. The van der Waals surface area contributed by atoms with Gasteiger partial charge in [-0.25, -0.2) is 9.50 Å². The number of hydrogen-bond acceptors (Lipinski definition) is 4. The van der Waals surface area contributed by atoms with Crippen molar-refractivity contribution in [3.63, 3.8) is 0 Å². The van der Waals surface area contributed by atoms with Crippen molar-refractivity contribution in [2.45, 2.75) is 6.92 Å². The van der Waals surface area contributed by atoms with E-state index in [1.807, 2.05) is 17.6 Å². The number of nitrogens with zero attached hydrogens (tertiary/aromatic N) is 3. The Morgan fingerprint density at radius 3 is 3.07 bits per heavy atom. The summed E-state index contributed by atoms with van der Waals surface area (Å²) in [4.78, 5) is 5.46. The standard InChI is InChI=1S/C9H7N3S2/c1-6-11-12-4-8(10-9(12)14-6)7-2-3-13-5-7/h2-5H,1H3. The van der Waals surface area contributed by atoms with Gasteiger partial charge in [-0.15, -0.1) is 0 Å². The molecule has 0 saturated carbocycles. The molecule has 0 aliphatic heterocycles. The lowest BCUT2D eigenvalue weighted by Crippen LogP contribution is -1.79. The average molecular weight is 221 g/mol. The summed E-state index contributed by atoms with van der Waals surface area (Å²) in [6.07, 6.45) is 1.97. The zero-order valence-electron chi connectivity index (χ0n) is 7.47. The highest BCUT2D eigenvalue weighted by Gasteiger charge is 2.07. The Morgan fingerprint density at radius 2 is 2.36 bits per heavy atom. The molecule has 0 N–H and O–H groups in total.